The van der Waals surface area contributed by atoms with Gasteiger partial charge in [0.15, 0.2) is 0 Å². The molecular formula is C19H20ClNO2. The molecule has 2 aromatic carbocycles. The molecule has 0 bridgehead atoms. The summed E-state index contributed by atoms with van der Waals surface area (Å²) in [5.41, 5.74) is 3.06. The largest absolute Gasteiger partial charge is 0.481 e. The van der Waals surface area contributed by atoms with E-state index in [9.17, 15) is 9.90 Å². The lowest BCUT2D eigenvalue weighted by Gasteiger charge is -2.25. The molecule has 0 saturated heterocycles. The van der Waals surface area contributed by atoms with Crippen molar-refractivity contribution in [2.24, 2.45) is 0 Å². The third-order valence-corrected chi connectivity index (χ3v) is 4.04. The maximum absolute atomic E-state index is 11.7. The molecule has 23 heavy (non-hydrogen) atoms. The first-order valence-corrected chi connectivity index (χ1v) is 7.54. The molecule has 1 heterocycles. The van der Waals surface area contributed by atoms with Gasteiger partial charge in [-0.15, -0.1) is 12.4 Å². The fourth-order valence-corrected chi connectivity index (χ4v) is 2.89. The summed E-state index contributed by atoms with van der Waals surface area (Å²) < 4.78 is 0. The fraction of sp³-hybridized carbons (Fsp3) is 0.211. The zero-order chi connectivity index (χ0) is 15.4. The smallest absolute Gasteiger partial charge is 0.312 e. The maximum atomic E-state index is 11.7. The summed E-state index contributed by atoms with van der Waals surface area (Å²) in [6.45, 7) is 0.826. The molecule has 0 aromatic heterocycles. The van der Waals surface area contributed by atoms with Gasteiger partial charge in [0.2, 0.25) is 0 Å². The van der Waals surface area contributed by atoms with E-state index < -0.39 is 11.9 Å². The maximum Gasteiger partial charge on any atom is 0.312 e. The molecule has 0 radical (unpaired) electrons. The molecule has 3 rings (SSSR count). The van der Waals surface area contributed by atoms with Crippen molar-refractivity contribution >= 4 is 18.4 Å². The van der Waals surface area contributed by atoms with Gasteiger partial charge in [-0.3, -0.25) is 4.79 Å². The molecule has 2 aromatic rings. The van der Waals surface area contributed by atoms with E-state index in [4.69, 9.17) is 0 Å². The number of carbonyl (C=O) groups is 1. The van der Waals surface area contributed by atoms with Crippen LogP contribution in [0.25, 0.3) is 11.1 Å². The van der Waals surface area contributed by atoms with Crippen molar-refractivity contribution in [2.75, 3.05) is 6.54 Å². The fourth-order valence-electron chi connectivity index (χ4n) is 2.89. The van der Waals surface area contributed by atoms with Crippen LogP contribution in [0.4, 0.5) is 0 Å². The Labute approximate surface area is 142 Å². The van der Waals surface area contributed by atoms with E-state index in [2.05, 4.69) is 23.5 Å². The van der Waals surface area contributed by atoms with Crippen LogP contribution in [0.1, 0.15) is 17.9 Å². The third kappa shape index (κ3) is 4.01. The van der Waals surface area contributed by atoms with Crippen LogP contribution in [-0.2, 0) is 4.79 Å². The van der Waals surface area contributed by atoms with E-state index in [1.165, 1.54) is 0 Å². The number of carboxylic acids is 1. The van der Waals surface area contributed by atoms with E-state index in [1.807, 2.05) is 48.5 Å². The van der Waals surface area contributed by atoms with Crippen LogP contribution in [0, 0.1) is 0 Å². The van der Waals surface area contributed by atoms with Crippen LogP contribution in [0.15, 0.2) is 66.7 Å². The second-order valence-electron chi connectivity index (χ2n) is 5.50. The Hall–Kier alpha value is -2.10. The molecule has 120 valence electrons. The second-order valence-corrected chi connectivity index (χ2v) is 5.50. The molecule has 0 saturated carbocycles. The Morgan fingerprint density at radius 3 is 2.26 bits per heavy atom. The second kappa shape index (κ2) is 7.95. The summed E-state index contributed by atoms with van der Waals surface area (Å²) >= 11 is 0. The van der Waals surface area contributed by atoms with Gasteiger partial charge in [-0.1, -0.05) is 66.7 Å². The van der Waals surface area contributed by atoms with Gasteiger partial charge in [0.05, 0.1) is 0 Å². The van der Waals surface area contributed by atoms with Gasteiger partial charge < -0.3 is 10.4 Å². The predicted octanol–water partition coefficient (Wildman–Crippen LogP) is 3.86. The molecule has 0 aliphatic carbocycles. The van der Waals surface area contributed by atoms with Gasteiger partial charge >= 0.3 is 5.97 Å². The topological polar surface area (TPSA) is 49.3 Å². The quantitative estimate of drug-likeness (QED) is 0.837. The first-order chi connectivity index (χ1) is 10.8. The van der Waals surface area contributed by atoms with Gasteiger partial charge in [0, 0.05) is 6.04 Å². The third-order valence-electron chi connectivity index (χ3n) is 4.04. The lowest BCUT2D eigenvalue weighted by molar-refractivity contribution is -0.139. The molecule has 2 atom stereocenters. The van der Waals surface area contributed by atoms with Gasteiger partial charge in [-0.25, -0.2) is 0 Å². The lowest BCUT2D eigenvalue weighted by Crippen LogP contribution is -2.39. The summed E-state index contributed by atoms with van der Waals surface area (Å²) in [5.74, 6) is -1.35. The lowest BCUT2D eigenvalue weighted by atomic mass is 9.89. The van der Waals surface area contributed by atoms with Crippen LogP contribution in [0.5, 0.6) is 0 Å². The number of hydrogen-bond donors (Lipinski definition) is 2. The van der Waals surface area contributed by atoms with Crippen LogP contribution in [-0.4, -0.2) is 23.7 Å². The Kier molecular flexibility index (Phi) is 5.97. The average Bonchev–Trinajstić information content (AvgIpc) is 2.57. The molecule has 2 N–H and O–H groups in total. The number of rotatable bonds is 4. The van der Waals surface area contributed by atoms with Crippen LogP contribution >= 0.6 is 12.4 Å². The van der Waals surface area contributed by atoms with Crippen LogP contribution < -0.4 is 5.32 Å². The van der Waals surface area contributed by atoms with Crippen LogP contribution in [0.3, 0.4) is 0 Å². The highest BCUT2D eigenvalue weighted by molar-refractivity contribution is 5.85. The Morgan fingerprint density at radius 1 is 1.04 bits per heavy atom. The monoisotopic (exact) mass is 329 g/mol. The molecule has 4 heteroatoms. The molecule has 0 amide bonds. The zero-order valence-corrected chi connectivity index (χ0v) is 13.5. The van der Waals surface area contributed by atoms with Crippen molar-refractivity contribution in [1.82, 2.24) is 5.32 Å². The first-order valence-electron chi connectivity index (χ1n) is 7.54. The average molecular weight is 330 g/mol. The van der Waals surface area contributed by atoms with E-state index in [0.717, 1.165) is 29.7 Å². The number of halogens is 1. The van der Waals surface area contributed by atoms with Gasteiger partial charge in [-0.2, -0.15) is 0 Å². The predicted molar refractivity (Wildman–Crippen MR) is 95.1 cm³/mol. The van der Waals surface area contributed by atoms with Gasteiger partial charge in [-0.05, 0) is 29.7 Å². The molecule has 1 aliphatic rings. The molecule has 0 unspecified atom stereocenters. The summed E-state index contributed by atoms with van der Waals surface area (Å²) in [6.07, 6.45) is 4.97. The summed E-state index contributed by atoms with van der Waals surface area (Å²) in [5, 5.41) is 12.9. The van der Waals surface area contributed by atoms with Crippen molar-refractivity contribution in [3.8, 4) is 11.1 Å². The van der Waals surface area contributed by atoms with Crippen molar-refractivity contribution in [3.63, 3.8) is 0 Å². The van der Waals surface area contributed by atoms with Crippen molar-refractivity contribution in [3.05, 3.63) is 72.3 Å². The first kappa shape index (κ1) is 17.3. The Morgan fingerprint density at radius 2 is 1.70 bits per heavy atom. The molecular weight excluding hydrogens is 310 g/mol. The summed E-state index contributed by atoms with van der Waals surface area (Å²) in [4.78, 5) is 11.7. The Bertz CT molecular complexity index is 668. The molecule has 1 aliphatic heterocycles. The highest BCUT2D eigenvalue weighted by atomic mass is 35.5. The zero-order valence-electron chi connectivity index (χ0n) is 12.7. The van der Waals surface area contributed by atoms with E-state index in [1.54, 1.807) is 0 Å². The van der Waals surface area contributed by atoms with E-state index in [-0.39, 0.29) is 18.4 Å². The van der Waals surface area contributed by atoms with Crippen molar-refractivity contribution in [1.29, 1.82) is 0 Å². The standard InChI is InChI=1S/C19H19NO2.ClH/c21-19(22)18(17-8-4-5-13-20-17)16-11-9-15(10-12-16)14-6-2-1-3-7-14;/h1-4,6-12,17-18,20H,5,13H2,(H,21,22);1H/t17-,18-;/m1./s1. The summed E-state index contributed by atoms with van der Waals surface area (Å²) in [6, 6.07) is 17.8. The number of aliphatic carboxylic acids is 1. The molecule has 0 spiro atoms. The van der Waals surface area contributed by atoms with E-state index in [0.29, 0.717) is 0 Å². The highest BCUT2D eigenvalue weighted by Crippen LogP contribution is 2.26. The number of carboxylic acid groups (broad SMARTS) is 1. The van der Waals surface area contributed by atoms with E-state index >= 15 is 0 Å². The molecule has 3 nitrogen and oxygen atoms in total. The minimum atomic E-state index is -0.795. The summed E-state index contributed by atoms with van der Waals surface area (Å²) in [7, 11) is 0. The number of benzene rings is 2. The van der Waals surface area contributed by atoms with Crippen LogP contribution in [0.2, 0.25) is 0 Å². The normalized spacial score (nSPS) is 18.0. The van der Waals surface area contributed by atoms with Crippen molar-refractivity contribution < 1.29 is 9.90 Å². The van der Waals surface area contributed by atoms with Gasteiger partial charge in [0.1, 0.15) is 5.92 Å². The SMILES string of the molecule is Cl.O=C(O)[C@H](c1ccc(-c2ccccc2)cc1)[C@H]1C=CCCN1. The number of hydrogen-bond acceptors (Lipinski definition) is 2. The number of nitrogens with one attached hydrogen (secondary N) is 1. The minimum absolute atomic E-state index is 0. The van der Waals surface area contributed by atoms with Gasteiger partial charge in [0.25, 0.3) is 0 Å². The minimum Gasteiger partial charge on any atom is -0.481 e. The Balaban J connectivity index is 0.00000192. The molecule has 0 fully saturated rings. The van der Waals surface area contributed by atoms with Crippen molar-refractivity contribution in [2.45, 2.75) is 18.4 Å². The highest BCUT2D eigenvalue weighted by Gasteiger charge is 2.28.